The van der Waals surface area contributed by atoms with Gasteiger partial charge in [-0.2, -0.15) is 0 Å². The summed E-state index contributed by atoms with van der Waals surface area (Å²) in [5.41, 5.74) is 1.10. The van der Waals surface area contributed by atoms with Crippen LogP contribution in [0, 0.1) is 0 Å². The zero-order valence-corrected chi connectivity index (χ0v) is 14.4. The minimum absolute atomic E-state index is 0.261. The molecule has 0 aliphatic rings. The molecule has 1 N–H and O–H groups in total. The first-order chi connectivity index (χ1) is 10.2. The van der Waals surface area contributed by atoms with Crippen molar-refractivity contribution >= 4 is 11.6 Å². The molecule has 21 heavy (non-hydrogen) atoms. The van der Waals surface area contributed by atoms with Gasteiger partial charge in [-0.3, -0.25) is 0 Å². The quantitative estimate of drug-likeness (QED) is 0.661. The van der Waals surface area contributed by atoms with Crippen molar-refractivity contribution < 1.29 is 9.47 Å². The van der Waals surface area contributed by atoms with E-state index in [4.69, 9.17) is 21.1 Å². The van der Waals surface area contributed by atoms with Crippen molar-refractivity contribution in [1.82, 2.24) is 5.32 Å². The van der Waals surface area contributed by atoms with E-state index in [-0.39, 0.29) is 6.04 Å². The molecule has 0 fully saturated rings. The van der Waals surface area contributed by atoms with Gasteiger partial charge in [-0.25, -0.2) is 0 Å². The first-order valence-corrected chi connectivity index (χ1v) is 8.37. The highest BCUT2D eigenvalue weighted by molar-refractivity contribution is 6.31. The van der Waals surface area contributed by atoms with Gasteiger partial charge in [-0.05, 0) is 38.4 Å². The van der Waals surface area contributed by atoms with Crippen molar-refractivity contribution in [2.24, 2.45) is 0 Å². The van der Waals surface area contributed by atoms with E-state index in [1.54, 1.807) is 0 Å². The van der Waals surface area contributed by atoms with E-state index < -0.39 is 0 Å². The van der Waals surface area contributed by atoms with Crippen LogP contribution in [-0.2, 0) is 0 Å². The van der Waals surface area contributed by atoms with Gasteiger partial charge in [0.1, 0.15) is 0 Å². The molecular weight excluding hydrogens is 286 g/mol. The molecule has 3 nitrogen and oxygen atoms in total. The third-order valence-electron chi connectivity index (χ3n) is 3.34. The highest BCUT2D eigenvalue weighted by Gasteiger charge is 2.17. The van der Waals surface area contributed by atoms with Crippen LogP contribution in [0.3, 0.4) is 0 Å². The molecule has 0 radical (unpaired) electrons. The van der Waals surface area contributed by atoms with Gasteiger partial charge in [-0.15, -0.1) is 0 Å². The van der Waals surface area contributed by atoms with Crippen molar-refractivity contribution in [3.05, 3.63) is 22.7 Å². The zero-order chi connectivity index (χ0) is 15.7. The topological polar surface area (TPSA) is 30.5 Å². The van der Waals surface area contributed by atoms with Crippen LogP contribution >= 0.6 is 11.6 Å². The summed E-state index contributed by atoms with van der Waals surface area (Å²) >= 11 is 6.47. The molecule has 0 spiro atoms. The summed E-state index contributed by atoms with van der Waals surface area (Å²) < 4.78 is 11.3. The van der Waals surface area contributed by atoms with Gasteiger partial charge in [0.05, 0.1) is 13.2 Å². The SMILES string of the molecule is CCCCC(NCC)c1cc(OCC)c(OCC)cc1Cl. The lowest BCUT2D eigenvalue weighted by molar-refractivity contribution is 0.287. The van der Waals surface area contributed by atoms with Crippen LogP contribution in [0.2, 0.25) is 5.02 Å². The van der Waals surface area contributed by atoms with Crippen molar-refractivity contribution in [3.63, 3.8) is 0 Å². The number of hydrogen-bond donors (Lipinski definition) is 1. The van der Waals surface area contributed by atoms with Crippen molar-refractivity contribution in [3.8, 4) is 11.5 Å². The fourth-order valence-corrected chi connectivity index (χ4v) is 2.66. The lowest BCUT2D eigenvalue weighted by atomic mass is 10.0. The second-order valence-electron chi connectivity index (χ2n) is 4.94. The van der Waals surface area contributed by atoms with Gasteiger partial charge >= 0.3 is 0 Å². The summed E-state index contributed by atoms with van der Waals surface area (Å²) in [6.45, 7) is 10.4. The van der Waals surface area contributed by atoms with Gasteiger partial charge in [0.15, 0.2) is 11.5 Å². The molecule has 1 aromatic rings. The van der Waals surface area contributed by atoms with Crippen LogP contribution < -0.4 is 14.8 Å². The van der Waals surface area contributed by atoms with E-state index in [9.17, 15) is 0 Å². The molecule has 0 saturated carbocycles. The normalized spacial score (nSPS) is 12.2. The minimum Gasteiger partial charge on any atom is -0.490 e. The van der Waals surface area contributed by atoms with Gasteiger partial charge in [0.2, 0.25) is 0 Å². The molecule has 0 aliphatic heterocycles. The number of halogens is 1. The first kappa shape index (κ1) is 18.1. The van der Waals surface area contributed by atoms with E-state index >= 15 is 0 Å². The lowest BCUT2D eigenvalue weighted by Crippen LogP contribution is -2.21. The van der Waals surface area contributed by atoms with Gasteiger partial charge < -0.3 is 14.8 Å². The fraction of sp³-hybridized carbons (Fsp3) is 0.647. The summed E-state index contributed by atoms with van der Waals surface area (Å²) in [7, 11) is 0. The van der Waals surface area contributed by atoms with E-state index in [1.165, 1.54) is 12.8 Å². The Labute approximate surface area is 134 Å². The monoisotopic (exact) mass is 313 g/mol. The summed E-state index contributed by atoms with van der Waals surface area (Å²) in [6, 6.07) is 4.17. The average molecular weight is 314 g/mol. The summed E-state index contributed by atoms with van der Waals surface area (Å²) in [5, 5.41) is 4.25. The predicted octanol–water partition coefficient (Wildman–Crippen LogP) is 4.98. The first-order valence-electron chi connectivity index (χ1n) is 8.00. The number of ether oxygens (including phenoxy) is 2. The van der Waals surface area contributed by atoms with Crippen LogP contribution in [0.15, 0.2) is 12.1 Å². The maximum Gasteiger partial charge on any atom is 0.162 e. The Balaban J connectivity index is 3.10. The average Bonchev–Trinajstić information content (AvgIpc) is 2.47. The molecule has 0 heterocycles. The number of benzene rings is 1. The molecule has 0 amide bonds. The number of unbranched alkanes of at least 4 members (excludes halogenated alkanes) is 1. The van der Waals surface area contributed by atoms with Gasteiger partial charge in [-0.1, -0.05) is 38.3 Å². The van der Waals surface area contributed by atoms with Crippen LogP contribution in [0.5, 0.6) is 11.5 Å². The highest BCUT2D eigenvalue weighted by Crippen LogP contribution is 2.37. The predicted molar refractivity (Wildman–Crippen MR) is 89.7 cm³/mol. The molecule has 1 atom stereocenters. The molecular formula is C17H28ClNO2. The maximum absolute atomic E-state index is 6.47. The third kappa shape index (κ3) is 5.40. The Morgan fingerprint density at radius 3 is 2.19 bits per heavy atom. The summed E-state index contributed by atoms with van der Waals surface area (Å²) in [6.07, 6.45) is 3.42. The molecule has 0 saturated heterocycles. The zero-order valence-electron chi connectivity index (χ0n) is 13.7. The van der Waals surface area contributed by atoms with Crippen LogP contribution in [0.25, 0.3) is 0 Å². The van der Waals surface area contributed by atoms with Crippen LogP contribution in [-0.4, -0.2) is 19.8 Å². The van der Waals surface area contributed by atoms with E-state index in [0.29, 0.717) is 13.2 Å². The number of nitrogens with one attached hydrogen (secondary N) is 1. The van der Waals surface area contributed by atoms with Crippen molar-refractivity contribution in [1.29, 1.82) is 0 Å². The Hall–Kier alpha value is -0.930. The summed E-state index contributed by atoms with van der Waals surface area (Å²) in [5.74, 6) is 1.50. The Bertz CT molecular complexity index is 423. The minimum atomic E-state index is 0.261. The lowest BCUT2D eigenvalue weighted by Gasteiger charge is -2.21. The standard InChI is InChI=1S/C17H28ClNO2/c1-5-9-10-15(19-6-2)13-11-16(20-7-3)17(21-8-4)12-14(13)18/h11-12,15,19H,5-10H2,1-4H3. The van der Waals surface area contributed by atoms with E-state index in [0.717, 1.165) is 35.1 Å². The maximum atomic E-state index is 6.47. The molecule has 0 aromatic heterocycles. The fourth-order valence-electron chi connectivity index (χ4n) is 2.38. The highest BCUT2D eigenvalue weighted by atomic mass is 35.5. The third-order valence-corrected chi connectivity index (χ3v) is 3.66. The van der Waals surface area contributed by atoms with E-state index in [1.807, 2.05) is 26.0 Å². The number of hydrogen-bond acceptors (Lipinski definition) is 3. The molecule has 4 heteroatoms. The Kier molecular flexibility index (Phi) is 8.55. The largest absolute Gasteiger partial charge is 0.490 e. The second kappa shape index (κ2) is 9.91. The molecule has 120 valence electrons. The molecule has 1 aromatic carbocycles. The Morgan fingerprint density at radius 1 is 1.05 bits per heavy atom. The molecule has 1 rings (SSSR count). The summed E-state index contributed by atoms with van der Waals surface area (Å²) in [4.78, 5) is 0. The second-order valence-corrected chi connectivity index (χ2v) is 5.35. The van der Waals surface area contributed by atoms with Gasteiger partial charge in [0, 0.05) is 17.1 Å². The Morgan fingerprint density at radius 2 is 1.67 bits per heavy atom. The van der Waals surface area contributed by atoms with Gasteiger partial charge in [0.25, 0.3) is 0 Å². The number of rotatable bonds is 10. The van der Waals surface area contributed by atoms with Crippen molar-refractivity contribution in [2.75, 3.05) is 19.8 Å². The molecule has 1 unspecified atom stereocenters. The van der Waals surface area contributed by atoms with Crippen LogP contribution in [0.1, 0.15) is 58.6 Å². The van der Waals surface area contributed by atoms with Crippen molar-refractivity contribution in [2.45, 2.75) is 53.0 Å². The van der Waals surface area contributed by atoms with E-state index in [2.05, 4.69) is 19.2 Å². The van der Waals surface area contributed by atoms with Crippen LogP contribution in [0.4, 0.5) is 0 Å². The molecule has 0 aliphatic carbocycles. The molecule has 0 bridgehead atoms. The smallest absolute Gasteiger partial charge is 0.162 e.